The van der Waals surface area contributed by atoms with E-state index >= 15 is 0 Å². The molecule has 2 aliphatic rings. The van der Waals surface area contributed by atoms with Crippen LogP contribution < -0.4 is 0 Å². The minimum atomic E-state index is 0.0923. The van der Waals surface area contributed by atoms with Crippen molar-refractivity contribution in [1.82, 2.24) is 19.8 Å². The predicted octanol–water partition coefficient (Wildman–Crippen LogP) is 1.57. The highest BCUT2D eigenvalue weighted by molar-refractivity contribution is 5.93. The van der Waals surface area contributed by atoms with Crippen LogP contribution in [0.1, 0.15) is 22.5 Å². The second kappa shape index (κ2) is 7.37. The molecule has 25 heavy (non-hydrogen) atoms. The van der Waals surface area contributed by atoms with E-state index in [4.69, 9.17) is 4.74 Å². The second-order valence-electron chi connectivity index (χ2n) is 6.72. The zero-order valence-corrected chi connectivity index (χ0v) is 14.3. The van der Waals surface area contributed by atoms with Crippen molar-refractivity contribution >= 4 is 5.91 Å². The van der Waals surface area contributed by atoms with Crippen molar-refractivity contribution in [2.45, 2.75) is 24.9 Å². The van der Waals surface area contributed by atoms with E-state index in [0.29, 0.717) is 11.7 Å². The molecule has 4 rings (SSSR count). The monoisotopic (exact) mass is 340 g/mol. The van der Waals surface area contributed by atoms with Crippen molar-refractivity contribution in [1.29, 1.82) is 0 Å². The minimum Gasteiger partial charge on any atom is -0.379 e. The largest absolute Gasteiger partial charge is 0.379 e. The number of likely N-dealkylation sites (tertiary alicyclic amines) is 1. The summed E-state index contributed by atoms with van der Waals surface area (Å²) >= 11 is 0. The Bertz CT molecular complexity index is 683. The van der Waals surface area contributed by atoms with Crippen LogP contribution >= 0.6 is 0 Å². The van der Waals surface area contributed by atoms with Gasteiger partial charge in [-0.15, -0.1) is 0 Å². The van der Waals surface area contributed by atoms with Crippen LogP contribution in [-0.2, 0) is 11.2 Å². The van der Waals surface area contributed by atoms with Crippen molar-refractivity contribution in [2.75, 3.05) is 32.8 Å². The molecule has 0 aromatic carbocycles. The van der Waals surface area contributed by atoms with E-state index in [2.05, 4.69) is 20.9 Å². The molecule has 2 saturated heterocycles. The van der Waals surface area contributed by atoms with Crippen molar-refractivity contribution in [3.05, 3.63) is 54.1 Å². The normalized spacial score (nSPS) is 24.6. The smallest absolute Gasteiger partial charge is 0.270 e. The summed E-state index contributed by atoms with van der Waals surface area (Å²) in [5, 5.41) is 0. The Hall–Kier alpha value is -2.18. The van der Waals surface area contributed by atoms with E-state index in [0.717, 1.165) is 45.7 Å². The molecule has 1 amide bonds. The summed E-state index contributed by atoms with van der Waals surface area (Å²) in [7, 11) is 0. The van der Waals surface area contributed by atoms with Crippen molar-refractivity contribution in [2.24, 2.45) is 0 Å². The molecule has 2 aliphatic heterocycles. The van der Waals surface area contributed by atoms with Gasteiger partial charge in [0.2, 0.25) is 0 Å². The third-order valence-corrected chi connectivity index (χ3v) is 5.28. The molecule has 0 unspecified atom stereocenters. The van der Waals surface area contributed by atoms with Crippen LogP contribution in [0, 0.1) is 0 Å². The average Bonchev–Trinajstić information content (AvgIpc) is 3.33. The molecule has 6 heteroatoms. The first-order valence-corrected chi connectivity index (χ1v) is 8.98. The lowest BCUT2D eigenvalue weighted by molar-refractivity contribution is 0.00859. The summed E-state index contributed by atoms with van der Waals surface area (Å²) in [5.74, 6) is 0.0923. The fraction of sp³-hybridized carbons (Fsp3) is 0.474. The first-order valence-electron chi connectivity index (χ1n) is 8.98. The summed E-state index contributed by atoms with van der Waals surface area (Å²) in [4.78, 5) is 24.8. The highest BCUT2D eigenvalue weighted by Crippen LogP contribution is 2.28. The van der Waals surface area contributed by atoms with Gasteiger partial charge < -0.3 is 14.6 Å². The van der Waals surface area contributed by atoms with Gasteiger partial charge >= 0.3 is 0 Å². The number of amides is 1. The summed E-state index contributed by atoms with van der Waals surface area (Å²) in [6.45, 7) is 4.24. The first-order chi connectivity index (χ1) is 12.3. The number of hydrogen-bond donors (Lipinski definition) is 1. The van der Waals surface area contributed by atoms with Crippen molar-refractivity contribution in [3.8, 4) is 0 Å². The van der Waals surface area contributed by atoms with E-state index in [-0.39, 0.29) is 11.9 Å². The van der Waals surface area contributed by atoms with Gasteiger partial charge in [-0.05, 0) is 36.6 Å². The molecule has 2 aromatic rings. The van der Waals surface area contributed by atoms with Crippen LogP contribution in [0.3, 0.4) is 0 Å². The number of aromatic amines is 1. The molecular formula is C19H24N4O2. The topological polar surface area (TPSA) is 61.5 Å². The maximum atomic E-state index is 13.0. The Kier molecular flexibility index (Phi) is 4.81. The number of carbonyl (C=O) groups excluding carboxylic acids is 1. The van der Waals surface area contributed by atoms with Gasteiger partial charge in [0.05, 0.1) is 19.3 Å². The van der Waals surface area contributed by atoms with Crippen LogP contribution in [0.4, 0.5) is 0 Å². The predicted molar refractivity (Wildman–Crippen MR) is 94.4 cm³/mol. The Morgan fingerprint density at radius 2 is 2.12 bits per heavy atom. The average molecular weight is 340 g/mol. The van der Waals surface area contributed by atoms with E-state index in [1.807, 2.05) is 29.3 Å². The Morgan fingerprint density at radius 1 is 1.24 bits per heavy atom. The molecular weight excluding hydrogens is 316 g/mol. The molecule has 132 valence electrons. The van der Waals surface area contributed by atoms with Crippen LogP contribution in [-0.4, -0.2) is 70.6 Å². The molecule has 0 spiro atoms. The molecule has 0 saturated carbocycles. The number of pyridine rings is 1. The number of ether oxygens (including phenoxy) is 1. The SMILES string of the molecule is O=C(c1ccc[nH]1)N1CC[C@H](N2CCOCC2)[C@H]1Cc1cccnc1. The molecule has 0 aliphatic carbocycles. The maximum Gasteiger partial charge on any atom is 0.270 e. The van der Waals surface area contributed by atoms with Crippen LogP contribution in [0.5, 0.6) is 0 Å². The third-order valence-electron chi connectivity index (χ3n) is 5.28. The van der Waals surface area contributed by atoms with Gasteiger partial charge in [-0.25, -0.2) is 0 Å². The number of aromatic nitrogens is 2. The maximum absolute atomic E-state index is 13.0. The lowest BCUT2D eigenvalue weighted by Crippen LogP contribution is -2.51. The number of hydrogen-bond acceptors (Lipinski definition) is 4. The fourth-order valence-corrected chi connectivity index (χ4v) is 4.05. The van der Waals surface area contributed by atoms with Gasteiger partial charge in [-0.2, -0.15) is 0 Å². The lowest BCUT2D eigenvalue weighted by Gasteiger charge is -2.37. The summed E-state index contributed by atoms with van der Waals surface area (Å²) in [6, 6.07) is 8.33. The standard InChI is InChI=1S/C19H24N4O2/c24-19(16-4-2-7-21-16)23-8-5-17(22-9-11-25-12-10-22)18(23)13-15-3-1-6-20-14-15/h1-4,6-7,14,17-18,21H,5,8-13H2/t17-,18+/m0/s1. The summed E-state index contributed by atoms with van der Waals surface area (Å²) < 4.78 is 5.51. The number of morpholine rings is 1. The van der Waals surface area contributed by atoms with Gasteiger partial charge in [0.1, 0.15) is 5.69 Å². The van der Waals surface area contributed by atoms with E-state index in [1.165, 1.54) is 5.56 Å². The molecule has 0 radical (unpaired) electrons. The molecule has 0 bridgehead atoms. The third kappa shape index (κ3) is 3.45. The van der Waals surface area contributed by atoms with Gasteiger partial charge in [-0.1, -0.05) is 6.07 Å². The quantitative estimate of drug-likeness (QED) is 0.918. The van der Waals surface area contributed by atoms with Gasteiger partial charge in [-0.3, -0.25) is 14.7 Å². The number of nitrogens with zero attached hydrogens (tertiary/aromatic N) is 3. The van der Waals surface area contributed by atoms with E-state index in [1.54, 1.807) is 12.4 Å². The second-order valence-corrected chi connectivity index (χ2v) is 6.72. The highest BCUT2D eigenvalue weighted by atomic mass is 16.5. The van der Waals surface area contributed by atoms with Gasteiger partial charge in [0.25, 0.3) is 5.91 Å². The fourth-order valence-electron chi connectivity index (χ4n) is 4.05. The van der Waals surface area contributed by atoms with E-state index in [9.17, 15) is 4.79 Å². The zero-order valence-electron chi connectivity index (χ0n) is 14.3. The highest BCUT2D eigenvalue weighted by Gasteiger charge is 2.40. The van der Waals surface area contributed by atoms with Crippen molar-refractivity contribution < 1.29 is 9.53 Å². The minimum absolute atomic E-state index is 0.0923. The number of rotatable bonds is 4. The number of H-pyrrole nitrogens is 1. The summed E-state index contributed by atoms with van der Waals surface area (Å²) in [6.07, 6.45) is 7.35. The van der Waals surface area contributed by atoms with Gasteiger partial charge in [0.15, 0.2) is 0 Å². The molecule has 4 heterocycles. The zero-order chi connectivity index (χ0) is 17.1. The van der Waals surface area contributed by atoms with Crippen LogP contribution in [0.25, 0.3) is 0 Å². The Balaban J connectivity index is 1.58. The van der Waals surface area contributed by atoms with Crippen molar-refractivity contribution in [3.63, 3.8) is 0 Å². The molecule has 2 atom stereocenters. The Labute approximate surface area is 147 Å². The lowest BCUT2D eigenvalue weighted by atomic mass is 9.99. The number of carbonyl (C=O) groups is 1. The van der Waals surface area contributed by atoms with Crippen LogP contribution in [0.2, 0.25) is 0 Å². The molecule has 2 fully saturated rings. The Morgan fingerprint density at radius 3 is 2.84 bits per heavy atom. The molecule has 6 nitrogen and oxygen atoms in total. The molecule has 2 aromatic heterocycles. The first kappa shape index (κ1) is 16.3. The molecule has 1 N–H and O–H groups in total. The number of nitrogens with one attached hydrogen (secondary N) is 1. The van der Waals surface area contributed by atoms with Crippen LogP contribution in [0.15, 0.2) is 42.9 Å². The van der Waals surface area contributed by atoms with Gasteiger partial charge in [0, 0.05) is 44.3 Å². The summed E-state index contributed by atoms with van der Waals surface area (Å²) in [5.41, 5.74) is 1.84. The van der Waals surface area contributed by atoms with E-state index < -0.39 is 0 Å².